The summed E-state index contributed by atoms with van der Waals surface area (Å²) < 4.78 is 11.1. The van der Waals surface area contributed by atoms with Crippen molar-refractivity contribution in [3.63, 3.8) is 0 Å². The molecule has 1 atom stereocenters. The van der Waals surface area contributed by atoms with Crippen molar-refractivity contribution >= 4 is 29.1 Å². The van der Waals surface area contributed by atoms with Crippen LogP contribution in [-0.4, -0.2) is 55.5 Å². The molecule has 3 amide bonds. The van der Waals surface area contributed by atoms with E-state index in [1.54, 1.807) is 52.3 Å². The third kappa shape index (κ3) is 4.39. The molecule has 2 heterocycles. The molecule has 8 heteroatoms. The molecule has 2 aliphatic heterocycles. The molecule has 2 aliphatic rings. The van der Waals surface area contributed by atoms with E-state index in [9.17, 15) is 14.4 Å². The van der Waals surface area contributed by atoms with E-state index in [2.05, 4.69) is 5.32 Å². The minimum absolute atomic E-state index is 0.0377. The third-order valence-electron chi connectivity index (χ3n) is 5.78. The van der Waals surface area contributed by atoms with Gasteiger partial charge in [-0.25, -0.2) is 0 Å². The predicted octanol–water partition coefficient (Wildman–Crippen LogP) is 2.93. The molecule has 1 N–H and O–H groups in total. The molecule has 1 saturated heterocycles. The number of nitrogens with zero attached hydrogens (tertiary/aromatic N) is 2. The van der Waals surface area contributed by atoms with E-state index in [0.717, 1.165) is 0 Å². The molecular weight excluding hydrogens is 410 g/mol. The Morgan fingerprint density at radius 3 is 2.41 bits per heavy atom. The van der Waals surface area contributed by atoms with Gasteiger partial charge in [0.1, 0.15) is 13.2 Å². The van der Waals surface area contributed by atoms with Gasteiger partial charge < -0.3 is 24.6 Å². The first-order valence-corrected chi connectivity index (χ1v) is 10.9. The highest BCUT2D eigenvalue weighted by atomic mass is 16.6. The van der Waals surface area contributed by atoms with Gasteiger partial charge in [-0.1, -0.05) is 0 Å². The molecule has 0 saturated carbocycles. The molecule has 168 valence electrons. The minimum atomic E-state index is -0.465. The Morgan fingerprint density at radius 2 is 1.72 bits per heavy atom. The zero-order valence-corrected chi connectivity index (χ0v) is 18.3. The third-order valence-corrected chi connectivity index (χ3v) is 5.78. The van der Waals surface area contributed by atoms with Gasteiger partial charge in [0, 0.05) is 49.1 Å². The number of nitrogens with one attached hydrogen (secondary N) is 1. The van der Waals surface area contributed by atoms with Crippen molar-refractivity contribution in [1.29, 1.82) is 0 Å². The Bertz CT molecular complexity index is 1020. The highest BCUT2D eigenvalue weighted by Gasteiger charge is 2.35. The van der Waals surface area contributed by atoms with Gasteiger partial charge in [-0.3, -0.25) is 14.4 Å². The van der Waals surface area contributed by atoms with E-state index in [4.69, 9.17) is 9.47 Å². The first-order valence-electron chi connectivity index (χ1n) is 10.9. The number of benzene rings is 2. The van der Waals surface area contributed by atoms with Crippen molar-refractivity contribution in [2.75, 3.05) is 43.1 Å². The zero-order valence-electron chi connectivity index (χ0n) is 18.3. The normalized spacial score (nSPS) is 17.2. The average molecular weight is 437 g/mol. The highest BCUT2D eigenvalue weighted by molar-refractivity contribution is 6.04. The number of rotatable bonds is 6. The van der Waals surface area contributed by atoms with E-state index < -0.39 is 5.92 Å². The van der Waals surface area contributed by atoms with E-state index in [0.29, 0.717) is 61.3 Å². The first-order chi connectivity index (χ1) is 15.5. The molecule has 0 unspecified atom stereocenters. The predicted molar refractivity (Wildman–Crippen MR) is 120 cm³/mol. The molecule has 8 nitrogen and oxygen atoms in total. The number of anilines is 2. The SMILES string of the molecule is CCN(CC)C(=O)c1ccc(NC(=O)[C@@H]2CC(=O)N(c3ccc4c(c3)OCCO4)C2)cc1. The van der Waals surface area contributed by atoms with Crippen LogP contribution >= 0.6 is 0 Å². The van der Waals surface area contributed by atoms with Crippen LogP contribution in [-0.2, 0) is 9.59 Å². The minimum Gasteiger partial charge on any atom is -0.486 e. The summed E-state index contributed by atoms with van der Waals surface area (Å²) in [6, 6.07) is 12.2. The van der Waals surface area contributed by atoms with Gasteiger partial charge in [0.25, 0.3) is 5.91 Å². The first kappa shape index (κ1) is 21.7. The van der Waals surface area contributed by atoms with E-state index >= 15 is 0 Å². The van der Waals surface area contributed by atoms with Gasteiger partial charge >= 0.3 is 0 Å². The molecule has 2 aromatic carbocycles. The standard InChI is InChI=1S/C24H27N3O5/c1-3-26(4-2)24(30)16-5-7-18(8-6-16)25-23(29)17-13-22(28)27(15-17)19-9-10-20-21(14-19)32-12-11-31-20/h5-10,14,17H,3-4,11-13,15H2,1-2H3,(H,25,29)/t17-/m1/s1. The van der Waals surface area contributed by atoms with Crippen LogP contribution in [0.15, 0.2) is 42.5 Å². The van der Waals surface area contributed by atoms with Crippen LogP contribution in [0.1, 0.15) is 30.6 Å². The number of fused-ring (bicyclic) bond motifs is 1. The molecule has 0 radical (unpaired) electrons. The second-order valence-electron chi connectivity index (χ2n) is 7.78. The van der Waals surface area contributed by atoms with Crippen LogP contribution in [0.2, 0.25) is 0 Å². The summed E-state index contributed by atoms with van der Waals surface area (Å²) in [7, 11) is 0. The number of carbonyl (C=O) groups excluding carboxylic acids is 3. The van der Waals surface area contributed by atoms with Crippen LogP contribution in [0.3, 0.4) is 0 Å². The Labute approximate surface area is 187 Å². The number of amides is 3. The number of hydrogen-bond acceptors (Lipinski definition) is 5. The summed E-state index contributed by atoms with van der Waals surface area (Å²) in [5.41, 5.74) is 1.86. The van der Waals surface area contributed by atoms with Crippen molar-refractivity contribution < 1.29 is 23.9 Å². The maximum atomic E-state index is 12.8. The summed E-state index contributed by atoms with van der Waals surface area (Å²) in [4.78, 5) is 41.1. The van der Waals surface area contributed by atoms with E-state index in [1.807, 2.05) is 13.8 Å². The van der Waals surface area contributed by atoms with Crippen molar-refractivity contribution in [2.24, 2.45) is 5.92 Å². The summed E-state index contributed by atoms with van der Waals surface area (Å²) in [5, 5.41) is 2.86. The molecule has 1 fully saturated rings. The Kier molecular flexibility index (Phi) is 6.30. The van der Waals surface area contributed by atoms with Crippen LogP contribution in [0.25, 0.3) is 0 Å². The van der Waals surface area contributed by atoms with Crippen molar-refractivity contribution in [1.82, 2.24) is 4.90 Å². The van der Waals surface area contributed by atoms with E-state index in [1.165, 1.54) is 0 Å². The second kappa shape index (κ2) is 9.30. The molecule has 0 bridgehead atoms. The monoisotopic (exact) mass is 437 g/mol. The fraction of sp³-hybridized carbons (Fsp3) is 0.375. The Hall–Kier alpha value is -3.55. The largest absolute Gasteiger partial charge is 0.486 e. The van der Waals surface area contributed by atoms with Crippen LogP contribution < -0.4 is 19.7 Å². The lowest BCUT2D eigenvalue weighted by molar-refractivity contribution is -0.122. The van der Waals surface area contributed by atoms with Crippen LogP contribution in [0.5, 0.6) is 11.5 Å². The van der Waals surface area contributed by atoms with Crippen LogP contribution in [0.4, 0.5) is 11.4 Å². The van der Waals surface area contributed by atoms with Gasteiger partial charge in [0.05, 0.1) is 5.92 Å². The molecule has 0 aromatic heterocycles. The average Bonchev–Trinajstić information content (AvgIpc) is 3.21. The lowest BCUT2D eigenvalue weighted by atomic mass is 10.1. The maximum Gasteiger partial charge on any atom is 0.253 e. The fourth-order valence-corrected chi connectivity index (χ4v) is 3.97. The second-order valence-corrected chi connectivity index (χ2v) is 7.78. The van der Waals surface area contributed by atoms with Gasteiger partial charge in [-0.15, -0.1) is 0 Å². The Morgan fingerprint density at radius 1 is 1.03 bits per heavy atom. The summed E-state index contributed by atoms with van der Waals surface area (Å²) in [6.45, 7) is 6.42. The number of hydrogen-bond donors (Lipinski definition) is 1. The maximum absolute atomic E-state index is 12.8. The van der Waals surface area contributed by atoms with Crippen molar-refractivity contribution in [3.8, 4) is 11.5 Å². The highest BCUT2D eigenvalue weighted by Crippen LogP contribution is 2.36. The lowest BCUT2D eigenvalue weighted by Gasteiger charge is -2.22. The smallest absolute Gasteiger partial charge is 0.253 e. The van der Waals surface area contributed by atoms with Crippen molar-refractivity contribution in [3.05, 3.63) is 48.0 Å². The molecule has 2 aromatic rings. The molecular formula is C24H27N3O5. The Balaban J connectivity index is 1.39. The van der Waals surface area contributed by atoms with Gasteiger partial charge in [-0.05, 0) is 50.2 Å². The molecule has 0 aliphatic carbocycles. The molecule has 32 heavy (non-hydrogen) atoms. The lowest BCUT2D eigenvalue weighted by Crippen LogP contribution is -2.30. The van der Waals surface area contributed by atoms with Crippen LogP contribution in [0, 0.1) is 5.92 Å². The molecule has 0 spiro atoms. The topological polar surface area (TPSA) is 88.2 Å². The summed E-state index contributed by atoms with van der Waals surface area (Å²) in [5.74, 6) is 0.429. The quantitative estimate of drug-likeness (QED) is 0.751. The zero-order chi connectivity index (χ0) is 22.7. The van der Waals surface area contributed by atoms with Gasteiger partial charge in [0.2, 0.25) is 11.8 Å². The summed E-state index contributed by atoms with van der Waals surface area (Å²) in [6.07, 6.45) is 0.138. The number of carbonyl (C=O) groups is 3. The molecule has 4 rings (SSSR count). The van der Waals surface area contributed by atoms with Gasteiger partial charge in [-0.2, -0.15) is 0 Å². The van der Waals surface area contributed by atoms with Crippen molar-refractivity contribution in [2.45, 2.75) is 20.3 Å². The fourth-order valence-electron chi connectivity index (χ4n) is 3.97. The van der Waals surface area contributed by atoms with Gasteiger partial charge in [0.15, 0.2) is 11.5 Å². The summed E-state index contributed by atoms with van der Waals surface area (Å²) >= 11 is 0. The van der Waals surface area contributed by atoms with E-state index in [-0.39, 0.29) is 24.1 Å². The number of ether oxygens (including phenoxy) is 2.